The Hall–Kier alpha value is -1.08. The smallest absolute Gasteiger partial charge is 0.213 e. The third-order valence-electron chi connectivity index (χ3n) is 5.33. The van der Waals surface area contributed by atoms with E-state index in [-0.39, 0.29) is 23.6 Å². The van der Waals surface area contributed by atoms with E-state index in [1.165, 1.54) is 0 Å². The van der Waals surface area contributed by atoms with Crippen molar-refractivity contribution in [2.45, 2.75) is 82.5 Å². The summed E-state index contributed by atoms with van der Waals surface area (Å²) in [5.41, 5.74) is 0. The molecule has 0 aromatic heterocycles. The number of aliphatic hydroxyl groups is 1. The van der Waals surface area contributed by atoms with Crippen LogP contribution in [0.1, 0.15) is 58.3 Å². The van der Waals surface area contributed by atoms with Gasteiger partial charge in [0.25, 0.3) is 0 Å². The second-order valence-electron chi connectivity index (χ2n) is 6.79. The van der Waals surface area contributed by atoms with Gasteiger partial charge in [-0.15, -0.1) is 0 Å². The molecule has 0 amide bonds. The lowest BCUT2D eigenvalue weighted by atomic mass is 9.90. The maximum Gasteiger partial charge on any atom is 0.213 e. The Balaban J connectivity index is 1.71. The van der Waals surface area contributed by atoms with Crippen LogP contribution in [0.4, 0.5) is 0 Å². The summed E-state index contributed by atoms with van der Waals surface area (Å²) >= 11 is 0. The van der Waals surface area contributed by atoms with Crippen molar-refractivity contribution < 1.29 is 10.0 Å². The zero-order valence-electron chi connectivity index (χ0n) is 14.1. The zero-order chi connectivity index (χ0) is 16.7. The van der Waals surface area contributed by atoms with Gasteiger partial charge in [0.15, 0.2) is 0 Å². The summed E-state index contributed by atoms with van der Waals surface area (Å²) in [7, 11) is 0. The van der Waals surface area contributed by atoms with Crippen molar-refractivity contribution in [3.05, 3.63) is 10.1 Å². The molecule has 2 aliphatic carbocycles. The summed E-state index contributed by atoms with van der Waals surface area (Å²) in [5.74, 6) is 0. The Bertz CT molecular complexity index is 389. The van der Waals surface area contributed by atoms with Crippen LogP contribution >= 0.6 is 0 Å². The Morgan fingerprint density at radius 2 is 1.57 bits per heavy atom. The van der Waals surface area contributed by atoms with Crippen LogP contribution < -0.4 is 0 Å². The number of nitrogens with zero attached hydrogens (tertiary/aromatic N) is 4. The fourth-order valence-electron chi connectivity index (χ4n) is 3.84. The molecule has 0 bridgehead atoms. The Morgan fingerprint density at radius 1 is 1.04 bits per heavy atom. The van der Waals surface area contributed by atoms with Gasteiger partial charge >= 0.3 is 0 Å². The molecule has 0 spiro atoms. The molecule has 0 aromatic carbocycles. The molecule has 7 nitrogen and oxygen atoms in total. The maximum absolute atomic E-state index is 10.8. The summed E-state index contributed by atoms with van der Waals surface area (Å²) in [4.78, 5) is 13.0. The molecule has 0 unspecified atom stereocenters. The average Bonchev–Trinajstić information content (AvgIpc) is 2.59. The predicted octanol–water partition coefficient (Wildman–Crippen LogP) is 2.65. The number of hydrogen-bond acceptors (Lipinski definition) is 6. The highest BCUT2D eigenvalue weighted by atomic mass is 16.6. The lowest BCUT2D eigenvalue weighted by molar-refractivity contribution is -0.526. The normalized spacial score (nSPS) is 32.5. The Kier molecular flexibility index (Phi) is 7.36. The molecule has 1 N–H and O–H groups in total. The van der Waals surface area contributed by atoms with Gasteiger partial charge in [0, 0.05) is 30.4 Å². The van der Waals surface area contributed by atoms with E-state index in [1.807, 2.05) is 0 Å². The molecule has 0 heterocycles. The summed E-state index contributed by atoms with van der Waals surface area (Å²) in [6.45, 7) is 4.10. The van der Waals surface area contributed by atoms with Crippen LogP contribution in [0.25, 0.3) is 0 Å². The zero-order valence-corrected chi connectivity index (χ0v) is 14.1. The van der Waals surface area contributed by atoms with Crippen molar-refractivity contribution in [3.63, 3.8) is 0 Å². The molecule has 0 saturated heterocycles. The minimum absolute atomic E-state index is 0.152. The van der Waals surface area contributed by atoms with Crippen LogP contribution in [0.5, 0.6) is 0 Å². The quantitative estimate of drug-likeness (QED) is 0.442. The first-order valence-electron chi connectivity index (χ1n) is 9.02. The van der Waals surface area contributed by atoms with Gasteiger partial charge in [-0.1, -0.05) is 6.92 Å². The molecule has 2 aliphatic rings. The largest absolute Gasteiger partial charge is 0.395 e. The summed E-state index contributed by atoms with van der Waals surface area (Å²) < 4.78 is 0. The van der Waals surface area contributed by atoms with Crippen LogP contribution in [0, 0.1) is 10.1 Å². The van der Waals surface area contributed by atoms with Gasteiger partial charge in [-0.25, -0.2) is 0 Å². The van der Waals surface area contributed by atoms with E-state index < -0.39 is 0 Å². The Morgan fingerprint density at radius 3 is 2.00 bits per heavy atom. The fourth-order valence-corrected chi connectivity index (χ4v) is 3.84. The van der Waals surface area contributed by atoms with Gasteiger partial charge in [0.2, 0.25) is 6.04 Å². The molecule has 2 saturated carbocycles. The van der Waals surface area contributed by atoms with Crippen LogP contribution in [0.15, 0.2) is 10.2 Å². The first-order valence-corrected chi connectivity index (χ1v) is 9.02. The minimum Gasteiger partial charge on any atom is -0.395 e. The van der Waals surface area contributed by atoms with Gasteiger partial charge in [0.05, 0.1) is 18.7 Å². The van der Waals surface area contributed by atoms with E-state index in [4.69, 9.17) is 5.11 Å². The molecule has 23 heavy (non-hydrogen) atoms. The second-order valence-corrected chi connectivity index (χ2v) is 6.79. The molecular weight excluding hydrogens is 296 g/mol. The second kappa shape index (κ2) is 9.27. The van der Waals surface area contributed by atoms with Crippen molar-refractivity contribution in [1.29, 1.82) is 0 Å². The minimum atomic E-state index is -0.372. The van der Waals surface area contributed by atoms with Gasteiger partial charge in [-0.05, 0) is 45.1 Å². The van der Waals surface area contributed by atoms with E-state index in [9.17, 15) is 10.1 Å². The highest BCUT2D eigenvalue weighted by molar-refractivity contribution is 4.83. The van der Waals surface area contributed by atoms with Crippen LogP contribution in [-0.4, -0.2) is 58.8 Å². The van der Waals surface area contributed by atoms with Gasteiger partial charge < -0.3 is 5.11 Å². The number of rotatable bonds is 7. The average molecular weight is 326 g/mol. The molecule has 0 aromatic rings. The molecule has 7 heteroatoms. The molecule has 0 atom stereocenters. The fraction of sp³-hybridized carbons (Fsp3) is 1.00. The van der Waals surface area contributed by atoms with Crippen LogP contribution in [-0.2, 0) is 0 Å². The Labute approximate surface area is 138 Å². The predicted molar refractivity (Wildman–Crippen MR) is 88.3 cm³/mol. The number of nitro groups is 1. The van der Waals surface area contributed by atoms with Crippen molar-refractivity contribution in [3.8, 4) is 0 Å². The van der Waals surface area contributed by atoms with Crippen molar-refractivity contribution in [2.75, 3.05) is 19.7 Å². The van der Waals surface area contributed by atoms with Crippen molar-refractivity contribution >= 4 is 0 Å². The van der Waals surface area contributed by atoms with E-state index in [0.717, 1.165) is 51.6 Å². The van der Waals surface area contributed by atoms with E-state index in [2.05, 4.69) is 22.1 Å². The number of azo groups is 1. The molecular formula is C16H30N4O3. The third-order valence-corrected chi connectivity index (χ3v) is 5.33. The monoisotopic (exact) mass is 326 g/mol. The standard InChI is InChI=1S/C16H30N4O3/c1-2-19(11-12-21)15-7-3-13(4-8-15)17-18-14-5-9-16(10-6-14)20(22)23/h13-16,21H,2-12H2,1H3. The van der Waals surface area contributed by atoms with E-state index in [1.54, 1.807) is 0 Å². The number of hydrogen-bond donors (Lipinski definition) is 1. The summed E-state index contributed by atoms with van der Waals surface area (Å²) in [6, 6.07) is 0.690. The van der Waals surface area contributed by atoms with Crippen molar-refractivity contribution in [2.24, 2.45) is 10.2 Å². The van der Waals surface area contributed by atoms with E-state index >= 15 is 0 Å². The SMILES string of the molecule is CCN(CCO)C1CCC(N=NC2CCC([N+](=O)[O-])CC2)CC1. The molecule has 0 radical (unpaired) electrons. The van der Waals surface area contributed by atoms with Crippen LogP contribution in [0.2, 0.25) is 0 Å². The first-order chi connectivity index (χ1) is 11.1. The number of aliphatic hydroxyl groups excluding tert-OH is 1. The highest BCUT2D eigenvalue weighted by Gasteiger charge is 2.29. The maximum atomic E-state index is 10.8. The third kappa shape index (κ3) is 5.49. The summed E-state index contributed by atoms with van der Waals surface area (Å²) in [6.07, 6.45) is 7.21. The topological polar surface area (TPSA) is 91.3 Å². The number of likely N-dealkylation sites (N-methyl/N-ethyl adjacent to an activating group) is 1. The molecule has 2 fully saturated rings. The lowest BCUT2D eigenvalue weighted by Gasteiger charge is -2.34. The summed E-state index contributed by atoms with van der Waals surface area (Å²) in [5, 5.41) is 28.9. The van der Waals surface area contributed by atoms with Gasteiger partial charge in [0.1, 0.15) is 0 Å². The lowest BCUT2D eigenvalue weighted by Crippen LogP contribution is -2.40. The van der Waals surface area contributed by atoms with Gasteiger partial charge in [-0.2, -0.15) is 10.2 Å². The van der Waals surface area contributed by atoms with Gasteiger partial charge in [-0.3, -0.25) is 15.0 Å². The molecule has 132 valence electrons. The molecule has 0 aliphatic heterocycles. The first kappa shape index (κ1) is 18.3. The highest BCUT2D eigenvalue weighted by Crippen LogP contribution is 2.27. The van der Waals surface area contributed by atoms with Crippen LogP contribution in [0.3, 0.4) is 0 Å². The van der Waals surface area contributed by atoms with Crippen molar-refractivity contribution in [1.82, 2.24) is 4.90 Å². The van der Waals surface area contributed by atoms with E-state index in [0.29, 0.717) is 24.9 Å². The molecule has 2 rings (SSSR count).